The molecule has 0 fully saturated rings. The molecule has 1 atom stereocenters. The number of rotatable bonds is 9. The van der Waals surface area contributed by atoms with Crippen molar-refractivity contribution in [3.63, 3.8) is 0 Å². The Bertz CT molecular complexity index is 762. The summed E-state index contributed by atoms with van der Waals surface area (Å²) in [6.07, 6.45) is 2.36. The number of hydrogen-bond acceptors (Lipinski definition) is 6. The molecule has 0 radical (unpaired) electrons. The van der Waals surface area contributed by atoms with Crippen LogP contribution < -0.4 is 5.32 Å². The molecule has 0 saturated carbocycles. The second-order valence-corrected chi connectivity index (χ2v) is 6.49. The Morgan fingerprint density at radius 1 is 1.22 bits per heavy atom. The third-order valence-corrected chi connectivity index (χ3v) is 4.77. The lowest BCUT2D eigenvalue weighted by molar-refractivity contribution is -0.121. The first-order valence-electron chi connectivity index (χ1n) is 8.65. The van der Waals surface area contributed by atoms with Gasteiger partial charge in [0.2, 0.25) is 5.91 Å². The highest BCUT2D eigenvalue weighted by Crippen LogP contribution is 2.26. The zero-order chi connectivity index (χ0) is 20.0. The van der Waals surface area contributed by atoms with Crippen molar-refractivity contribution >= 4 is 30.7 Å². The monoisotopic (exact) mass is 373 g/mol. The number of hydrogen-bond donors (Lipinski definition) is 1. The van der Waals surface area contributed by atoms with Gasteiger partial charge in [0.1, 0.15) is 12.6 Å². The summed E-state index contributed by atoms with van der Waals surface area (Å²) in [7, 11) is 2.98. The summed E-state index contributed by atoms with van der Waals surface area (Å²) in [6.45, 7) is 1.34. The van der Waals surface area contributed by atoms with Crippen LogP contribution in [-0.4, -0.2) is 67.2 Å². The molecule has 2 rings (SSSR count). The van der Waals surface area contributed by atoms with E-state index in [2.05, 4.69) is 5.32 Å². The Balaban J connectivity index is 2.23. The van der Waals surface area contributed by atoms with E-state index in [0.717, 1.165) is 17.4 Å². The van der Waals surface area contributed by atoms with Crippen molar-refractivity contribution in [1.29, 1.82) is 0 Å². The van der Waals surface area contributed by atoms with Gasteiger partial charge in [-0.3, -0.25) is 19.3 Å². The van der Waals surface area contributed by atoms with Crippen LogP contribution in [0.3, 0.4) is 0 Å². The van der Waals surface area contributed by atoms with E-state index in [0.29, 0.717) is 25.7 Å². The molecule has 27 heavy (non-hydrogen) atoms. The number of likely N-dealkylation sites (N-methyl/N-ethyl adjacent to an activating group) is 1. The quantitative estimate of drug-likeness (QED) is 0.619. The number of carbonyl (C=O) groups excluding carboxylic acids is 5. The number of aldehydes is 3. The maximum atomic E-state index is 12.9. The van der Waals surface area contributed by atoms with Crippen molar-refractivity contribution in [2.45, 2.75) is 32.0 Å². The van der Waals surface area contributed by atoms with Crippen LogP contribution in [0.1, 0.15) is 44.7 Å². The van der Waals surface area contributed by atoms with E-state index in [9.17, 15) is 24.0 Å². The van der Waals surface area contributed by atoms with Crippen LogP contribution in [0.5, 0.6) is 0 Å². The van der Waals surface area contributed by atoms with Crippen molar-refractivity contribution in [1.82, 2.24) is 15.1 Å². The number of benzene rings is 1. The second kappa shape index (κ2) is 9.18. The lowest BCUT2D eigenvalue weighted by Gasteiger charge is -2.24. The first kappa shape index (κ1) is 20.4. The maximum Gasteiger partial charge on any atom is 0.254 e. The van der Waals surface area contributed by atoms with Crippen LogP contribution >= 0.6 is 0 Å². The molecular formula is C19H23N3O5. The number of amides is 2. The molecular weight excluding hydrogens is 350 g/mol. The zero-order valence-corrected chi connectivity index (χ0v) is 15.4. The van der Waals surface area contributed by atoms with Crippen LogP contribution in [0.2, 0.25) is 0 Å². The largest absolute Gasteiger partial charge is 0.359 e. The van der Waals surface area contributed by atoms with Crippen LogP contribution in [-0.2, 0) is 27.5 Å². The topological polar surface area (TPSA) is 104 Å². The minimum Gasteiger partial charge on any atom is -0.359 e. The van der Waals surface area contributed by atoms with Gasteiger partial charge in [-0.15, -0.1) is 0 Å². The molecule has 1 heterocycles. The molecule has 1 aromatic rings. The fourth-order valence-electron chi connectivity index (χ4n) is 3.16. The minimum atomic E-state index is -0.769. The fraction of sp³-hybridized carbons (Fsp3) is 0.421. The van der Waals surface area contributed by atoms with Crippen molar-refractivity contribution in [3.05, 3.63) is 34.4 Å². The molecule has 1 aromatic carbocycles. The second-order valence-electron chi connectivity index (χ2n) is 6.49. The van der Waals surface area contributed by atoms with E-state index in [4.69, 9.17) is 0 Å². The highest BCUT2D eigenvalue weighted by molar-refractivity contribution is 6.02. The van der Waals surface area contributed by atoms with E-state index >= 15 is 0 Å². The standard InChI is InChI=1S/C19H23N3O5/c1-20-18(26)4-3-16(12-25)21(2)19(27)17-8-14-10-22(5-6-23)9-13(14)7-15(17)11-24/h6-8,11-12,16H,3-5,9-10H2,1-2H3,(H,20,26). The predicted molar refractivity (Wildman–Crippen MR) is 97.3 cm³/mol. The normalized spacial score (nSPS) is 14.1. The summed E-state index contributed by atoms with van der Waals surface area (Å²) >= 11 is 0. The maximum absolute atomic E-state index is 12.9. The highest BCUT2D eigenvalue weighted by atomic mass is 16.2. The molecule has 0 bridgehead atoms. The summed E-state index contributed by atoms with van der Waals surface area (Å²) in [5.41, 5.74) is 2.25. The van der Waals surface area contributed by atoms with Crippen LogP contribution in [0, 0.1) is 0 Å². The van der Waals surface area contributed by atoms with Gasteiger partial charge in [-0.2, -0.15) is 0 Å². The van der Waals surface area contributed by atoms with Gasteiger partial charge in [-0.1, -0.05) is 0 Å². The van der Waals surface area contributed by atoms with Gasteiger partial charge in [0.25, 0.3) is 5.91 Å². The first-order chi connectivity index (χ1) is 12.9. The fourth-order valence-corrected chi connectivity index (χ4v) is 3.16. The molecule has 1 N–H and O–H groups in total. The van der Waals surface area contributed by atoms with Gasteiger partial charge < -0.3 is 19.8 Å². The summed E-state index contributed by atoms with van der Waals surface area (Å²) in [4.78, 5) is 61.1. The molecule has 0 spiro atoms. The smallest absolute Gasteiger partial charge is 0.254 e. The van der Waals surface area contributed by atoms with Crippen molar-refractivity contribution in [2.24, 2.45) is 0 Å². The lowest BCUT2D eigenvalue weighted by atomic mass is 9.99. The zero-order valence-electron chi connectivity index (χ0n) is 15.4. The molecule has 1 aliphatic rings. The predicted octanol–water partition coefficient (Wildman–Crippen LogP) is 0.179. The highest BCUT2D eigenvalue weighted by Gasteiger charge is 2.27. The number of carbonyl (C=O) groups is 5. The third kappa shape index (κ3) is 4.65. The van der Waals surface area contributed by atoms with E-state index in [1.807, 2.05) is 4.90 Å². The number of fused-ring (bicyclic) bond motifs is 1. The molecule has 0 saturated heterocycles. The van der Waals surface area contributed by atoms with E-state index in [1.54, 1.807) is 12.1 Å². The number of nitrogens with one attached hydrogen (secondary N) is 1. The lowest BCUT2D eigenvalue weighted by Crippen LogP contribution is -2.39. The molecule has 8 nitrogen and oxygen atoms in total. The summed E-state index contributed by atoms with van der Waals surface area (Å²) in [5.74, 6) is -0.674. The molecule has 2 amide bonds. The van der Waals surface area contributed by atoms with Crippen LogP contribution in [0.4, 0.5) is 0 Å². The minimum absolute atomic E-state index is 0.114. The Morgan fingerprint density at radius 3 is 2.44 bits per heavy atom. The van der Waals surface area contributed by atoms with Gasteiger partial charge in [-0.25, -0.2) is 0 Å². The number of nitrogens with zero attached hydrogens (tertiary/aromatic N) is 2. The van der Waals surface area contributed by atoms with Gasteiger partial charge >= 0.3 is 0 Å². The van der Waals surface area contributed by atoms with Crippen molar-refractivity contribution in [2.75, 3.05) is 20.6 Å². The van der Waals surface area contributed by atoms with Gasteiger partial charge in [0.05, 0.1) is 18.2 Å². The molecule has 0 aromatic heterocycles. The van der Waals surface area contributed by atoms with E-state index in [1.165, 1.54) is 19.0 Å². The summed E-state index contributed by atoms with van der Waals surface area (Å²) < 4.78 is 0. The summed E-state index contributed by atoms with van der Waals surface area (Å²) in [5, 5.41) is 2.47. The van der Waals surface area contributed by atoms with Crippen LogP contribution in [0.25, 0.3) is 0 Å². The van der Waals surface area contributed by atoms with Crippen LogP contribution in [0.15, 0.2) is 12.1 Å². The third-order valence-electron chi connectivity index (χ3n) is 4.77. The Morgan fingerprint density at radius 2 is 1.89 bits per heavy atom. The molecule has 1 unspecified atom stereocenters. The molecule has 8 heteroatoms. The van der Waals surface area contributed by atoms with E-state index < -0.39 is 11.9 Å². The van der Waals surface area contributed by atoms with Gasteiger partial charge in [0, 0.05) is 39.2 Å². The van der Waals surface area contributed by atoms with Crippen molar-refractivity contribution in [3.8, 4) is 0 Å². The Hall–Kier alpha value is -2.87. The summed E-state index contributed by atoms with van der Waals surface area (Å²) in [6, 6.07) is 2.55. The molecule has 144 valence electrons. The van der Waals surface area contributed by atoms with Crippen molar-refractivity contribution < 1.29 is 24.0 Å². The average Bonchev–Trinajstić information content (AvgIpc) is 3.07. The van der Waals surface area contributed by atoms with E-state index in [-0.39, 0.29) is 36.4 Å². The van der Waals surface area contributed by atoms with Gasteiger partial charge in [-0.05, 0) is 29.7 Å². The molecule has 0 aliphatic carbocycles. The Labute approximate surface area is 157 Å². The molecule has 1 aliphatic heterocycles. The van der Waals surface area contributed by atoms with Gasteiger partial charge in [0.15, 0.2) is 6.29 Å². The Kier molecular flexibility index (Phi) is 6.95. The first-order valence-corrected chi connectivity index (χ1v) is 8.65. The SMILES string of the molecule is CNC(=O)CCC(C=O)N(C)C(=O)c1cc2c(cc1C=O)CN(CC=O)C2. The average molecular weight is 373 g/mol.